The quantitative estimate of drug-likeness (QED) is 0.861. The molecule has 1 amide bonds. The number of phenolic OH excluding ortho intramolecular Hbond substituents is 1. The van der Waals surface area contributed by atoms with Gasteiger partial charge in [0.15, 0.2) is 0 Å². The Morgan fingerprint density at radius 3 is 2.48 bits per heavy atom. The maximum atomic E-state index is 12.9. The van der Waals surface area contributed by atoms with E-state index in [4.69, 9.17) is 4.74 Å². The SMILES string of the molecule is CN(C(=O)c1cc(O)cc(OCC2CC2)c1)C1C[C@H]2CC(O)C[C@H]2C1. The van der Waals surface area contributed by atoms with E-state index in [-0.39, 0.29) is 23.8 Å². The average Bonchev–Trinajstić information content (AvgIpc) is 3.23. The van der Waals surface area contributed by atoms with Crippen LogP contribution < -0.4 is 4.74 Å². The summed E-state index contributed by atoms with van der Waals surface area (Å²) in [5.74, 6) is 2.26. The molecule has 3 saturated carbocycles. The topological polar surface area (TPSA) is 70.0 Å². The first kappa shape index (κ1) is 16.7. The van der Waals surface area contributed by atoms with E-state index >= 15 is 0 Å². The van der Waals surface area contributed by atoms with Crippen molar-refractivity contribution in [3.63, 3.8) is 0 Å². The molecule has 3 fully saturated rings. The Kier molecular flexibility index (Phi) is 4.36. The third-order valence-corrected chi connectivity index (χ3v) is 6.15. The molecule has 4 atom stereocenters. The van der Waals surface area contributed by atoms with E-state index in [9.17, 15) is 15.0 Å². The van der Waals surface area contributed by atoms with Crippen LogP contribution in [-0.2, 0) is 0 Å². The molecule has 0 saturated heterocycles. The molecule has 0 aromatic heterocycles. The molecule has 0 bridgehead atoms. The Balaban J connectivity index is 1.43. The summed E-state index contributed by atoms with van der Waals surface area (Å²) >= 11 is 0. The number of amides is 1. The lowest BCUT2D eigenvalue weighted by atomic mass is 10.0. The van der Waals surface area contributed by atoms with E-state index in [2.05, 4.69) is 0 Å². The van der Waals surface area contributed by atoms with Crippen molar-refractivity contribution in [3.05, 3.63) is 23.8 Å². The predicted octanol–water partition coefficient (Wildman–Crippen LogP) is 2.80. The molecule has 136 valence electrons. The van der Waals surface area contributed by atoms with Crippen molar-refractivity contribution in [2.75, 3.05) is 13.7 Å². The van der Waals surface area contributed by atoms with Gasteiger partial charge in [-0.3, -0.25) is 4.79 Å². The minimum Gasteiger partial charge on any atom is -0.508 e. The van der Waals surface area contributed by atoms with Gasteiger partial charge in [0.05, 0.1) is 12.7 Å². The fourth-order valence-electron chi connectivity index (χ4n) is 4.53. The second kappa shape index (κ2) is 6.52. The van der Waals surface area contributed by atoms with Gasteiger partial charge in [0.25, 0.3) is 5.91 Å². The lowest BCUT2D eigenvalue weighted by molar-refractivity contribution is 0.0721. The van der Waals surface area contributed by atoms with Gasteiger partial charge in [-0.05, 0) is 68.4 Å². The van der Waals surface area contributed by atoms with E-state index in [0.717, 1.165) is 25.7 Å². The molecule has 5 nitrogen and oxygen atoms in total. The number of carbonyl (C=O) groups is 1. The van der Waals surface area contributed by atoms with Gasteiger partial charge in [0.2, 0.25) is 0 Å². The van der Waals surface area contributed by atoms with Crippen LogP contribution in [0.4, 0.5) is 0 Å². The van der Waals surface area contributed by atoms with Crippen LogP contribution in [0.15, 0.2) is 18.2 Å². The highest BCUT2D eigenvalue weighted by Crippen LogP contribution is 2.45. The predicted molar refractivity (Wildman–Crippen MR) is 93.7 cm³/mol. The number of hydrogen-bond donors (Lipinski definition) is 2. The summed E-state index contributed by atoms with van der Waals surface area (Å²) in [6.45, 7) is 0.654. The van der Waals surface area contributed by atoms with E-state index < -0.39 is 0 Å². The Bertz CT molecular complexity index is 643. The molecule has 5 heteroatoms. The first-order valence-electron chi connectivity index (χ1n) is 9.41. The third kappa shape index (κ3) is 3.61. The molecule has 0 radical (unpaired) electrons. The maximum absolute atomic E-state index is 12.9. The van der Waals surface area contributed by atoms with Gasteiger partial charge in [0.1, 0.15) is 11.5 Å². The molecule has 4 rings (SSSR count). The zero-order chi connectivity index (χ0) is 17.6. The van der Waals surface area contributed by atoms with Crippen molar-refractivity contribution >= 4 is 5.91 Å². The molecule has 3 aliphatic carbocycles. The highest BCUT2D eigenvalue weighted by molar-refractivity contribution is 5.95. The van der Waals surface area contributed by atoms with Crippen molar-refractivity contribution in [3.8, 4) is 11.5 Å². The van der Waals surface area contributed by atoms with Gasteiger partial charge in [-0.15, -0.1) is 0 Å². The number of aliphatic hydroxyl groups is 1. The van der Waals surface area contributed by atoms with E-state index in [0.29, 0.717) is 35.7 Å². The number of nitrogens with zero attached hydrogens (tertiary/aromatic N) is 1. The third-order valence-electron chi connectivity index (χ3n) is 6.15. The van der Waals surface area contributed by atoms with Crippen molar-refractivity contribution in [2.45, 2.75) is 50.7 Å². The molecular weight excluding hydrogens is 318 g/mol. The van der Waals surface area contributed by atoms with Crippen LogP contribution in [0.2, 0.25) is 0 Å². The molecule has 2 unspecified atom stereocenters. The summed E-state index contributed by atoms with van der Waals surface area (Å²) in [5.41, 5.74) is 0.477. The van der Waals surface area contributed by atoms with Crippen LogP contribution in [0.25, 0.3) is 0 Å². The fraction of sp³-hybridized carbons (Fsp3) is 0.650. The van der Waals surface area contributed by atoms with Gasteiger partial charge in [-0.1, -0.05) is 0 Å². The Morgan fingerprint density at radius 1 is 1.16 bits per heavy atom. The van der Waals surface area contributed by atoms with Gasteiger partial charge in [-0.25, -0.2) is 0 Å². The lowest BCUT2D eigenvalue weighted by Crippen LogP contribution is -2.36. The molecule has 3 aliphatic rings. The van der Waals surface area contributed by atoms with Crippen LogP contribution in [0.1, 0.15) is 48.9 Å². The average molecular weight is 345 g/mol. The molecule has 25 heavy (non-hydrogen) atoms. The number of fused-ring (bicyclic) bond motifs is 1. The van der Waals surface area contributed by atoms with Crippen LogP contribution in [-0.4, -0.2) is 46.8 Å². The molecule has 2 N–H and O–H groups in total. The standard InChI is InChI=1S/C20H27NO4/c1-21(16-4-13-6-17(22)7-14(13)5-16)20(24)15-8-18(23)10-19(9-15)25-11-12-2-3-12/h8-10,12-14,16-17,22-23H,2-7,11H2,1H3/t13-,14+,16?,17?. The molecule has 1 aromatic rings. The normalized spacial score (nSPS) is 31.0. The fourth-order valence-corrected chi connectivity index (χ4v) is 4.53. The Morgan fingerprint density at radius 2 is 1.84 bits per heavy atom. The number of ether oxygens (including phenoxy) is 1. The largest absolute Gasteiger partial charge is 0.508 e. The summed E-state index contributed by atoms with van der Waals surface area (Å²) in [7, 11) is 1.85. The number of hydrogen-bond acceptors (Lipinski definition) is 4. The number of rotatable bonds is 5. The van der Waals surface area contributed by atoms with Gasteiger partial charge < -0.3 is 19.8 Å². The van der Waals surface area contributed by atoms with Crippen LogP contribution >= 0.6 is 0 Å². The number of aliphatic hydroxyl groups excluding tert-OH is 1. The zero-order valence-corrected chi connectivity index (χ0v) is 14.7. The number of carbonyl (C=O) groups excluding carboxylic acids is 1. The van der Waals surface area contributed by atoms with Crippen LogP contribution in [0.3, 0.4) is 0 Å². The molecule has 0 spiro atoms. The number of aromatic hydroxyl groups is 1. The first-order valence-corrected chi connectivity index (χ1v) is 9.41. The van der Waals surface area contributed by atoms with Crippen molar-refractivity contribution in [2.24, 2.45) is 17.8 Å². The highest BCUT2D eigenvalue weighted by atomic mass is 16.5. The summed E-state index contributed by atoms with van der Waals surface area (Å²) in [4.78, 5) is 14.7. The number of phenols is 1. The monoisotopic (exact) mass is 345 g/mol. The second-order valence-electron chi connectivity index (χ2n) is 8.16. The van der Waals surface area contributed by atoms with Crippen molar-refractivity contribution in [1.29, 1.82) is 0 Å². The molecule has 0 heterocycles. The Hall–Kier alpha value is -1.75. The smallest absolute Gasteiger partial charge is 0.254 e. The molecule has 1 aromatic carbocycles. The van der Waals surface area contributed by atoms with E-state index in [1.54, 1.807) is 12.1 Å². The first-order chi connectivity index (χ1) is 12.0. The lowest BCUT2D eigenvalue weighted by Gasteiger charge is -2.26. The minimum atomic E-state index is -0.158. The Labute approximate surface area is 148 Å². The van der Waals surface area contributed by atoms with Crippen molar-refractivity contribution < 1.29 is 19.7 Å². The van der Waals surface area contributed by atoms with E-state index in [1.165, 1.54) is 18.9 Å². The van der Waals surface area contributed by atoms with Gasteiger partial charge in [-0.2, -0.15) is 0 Å². The summed E-state index contributed by atoms with van der Waals surface area (Å²) < 4.78 is 5.72. The highest BCUT2D eigenvalue weighted by Gasteiger charge is 2.43. The number of benzene rings is 1. The van der Waals surface area contributed by atoms with E-state index in [1.807, 2.05) is 11.9 Å². The van der Waals surface area contributed by atoms with Gasteiger partial charge >= 0.3 is 0 Å². The van der Waals surface area contributed by atoms with Gasteiger partial charge in [0, 0.05) is 24.7 Å². The summed E-state index contributed by atoms with van der Waals surface area (Å²) in [5, 5.41) is 19.7. The van der Waals surface area contributed by atoms with Crippen molar-refractivity contribution in [1.82, 2.24) is 4.90 Å². The summed E-state index contributed by atoms with van der Waals surface area (Å²) in [6.07, 6.45) is 5.91. The van der Waals surface area contributed by atoms with Crippen LogP contribution in [0.5, 0.6) is 11.5 Å². The van der Waals surface area contributed by atoms with Crippen LogP contribution in [0, 0.1) is 17.8 Å². The molecule has 0 aliphatic heterocycles. The maximum Gasteiger partial charge on any atom is 0.254 e. The molecular formula is C20H27NO4. The second-order valence-corrected chi connectivity index (χ2v) is 8.16. The minimum absolute atomic E-state index is 0.0662. The zero-order valence-electron chi connectivity index (χ0n) is 14.7. The summed E-state index contributed by atoms with van der Waals surface area (Å²) in [6, 6.07) is 5.04.